The standard InChI is InChI=1S/C17H25NO/c1-2-15(16-4-3-5-19-16)18-17-13-7-11-6-12(9-13)10-14(17)8-11/h3-5,11-15,17-18H,2,6-10H2,1H3. The molecule has 1 aromatic heterocycles. The normalized spacial score (nSPS) is 41.6. The van der Waals surface area contributed by atoms with Crippen molar-refractivity contribution in [2.75, 3.05) is 0 Å². The van der Waals surface area contributed by atoms with Gasteiger partial charge in [0.1, 0.15) is 5.76 Å². The van der Waals surface area contributed by atoms with Crippen LogP contribution in [-0.2, 0) is 0 Å². The molecule has 0 aliphatic heterocycles. The largest absolute Gasteiger partial charge is 0.468 e. The molecule has 4 saturated carbocycles. The third-order valence-electron chi connectivity index (χ3n) is 5.92. The first-order valence-electron chi connectivity index (χ1n) is 8.13. The molecule has 1 N–H and O–H groups in total. The highest BCUT2D eigenvalue weighted by atomic mass is 16.3. The Labute approximate surface area is 116 Å². The quantitative estimate of drug-likeness (QED) is 0.879. The average Bonchev–Trinajstić information content (AvgIpc) is 2.91. The molecule has 5 rings (SSSR count). The Balaban J connectivity index is 1.50. The molecule has 104 valence electrons. The van der Waals surface area contributed by atoms with Gasteiger partial charge < -0.3 is 9.73 Å². The fourth-order valence-electron chi connectivity index (χ4n) is 5.32. The minimum Gasteiger partial charge on any atom is -0.468 e. The summed E-state index contributed by atoms with van der Waals surface area (Å²) >= 11 is 0. The molecule has 0 amide bonds. The molecule has 1 aromatic rings. The predicted octanol–water partition coefficient (Wildman–Crippen LogP) is 4.15. The van der Waals surface area contributed by atoms with Crippen LogP contribution in [0.5, 0.6) is 0 Å². The molecule has 4 aliphatic rings. The Morgan fingerprint density at radius 2 is 1.84 bits per heavy atom. The van der Waals surface area contributed by atoms with Crippen molar-refractivity contribution in [3.63, 3.8) is 0 Å². The zero-order valence-corrected chi connectivity index (χ0v) is 11.8. The Morgan fingerprint density at radius 1 is 1.16 bits per heavy atom. The molecule has 4 bridgehead atoms. The van der Waals surface area contributed by atoms with Gasteiger partial charge >= 0.3 is 0 Å². The van der Waals surface area contributed by atoms with E-state index in [-0.39, 0.29) is 0 Å². The van der Waals surface area contributed by atoms with Gasteiger partial charge in [-0.25, -0.2) is 0 Å². The van der Waals surface area contributed by atoms with Gasteiger partial charge in [-0.1, -0.05) is 6.92 Å². The zero-order chi connectivity index (χ0) is 12.8. The van der Waals surface area contributed by atoms with Gasteiger partial charge in [0.25, 0.3) is 0 Å². The molecule has 4 aliphatic carbocycles. The summed E-state index contributed by atoms with van der Waals surface area (Å²) in [5, 5.41) is 3.96. The van der Waals surface area contributed by atoms with E-state index in [2.05, 4.69) is 18.3 Å². The van der Waals surface area contributed by atoms with Crippen molar-refractivity contribution in [2.24, 2.45) is 23.7 Å². The van der Waals surface area contributed by atoms with Crippen LogP contribution in [0.2, 0.25) is 0 Å². The molecule has 0 spiro atoms. The van der Waals surface area contributed by atoms with Crippen LogP contribution in [0.3, 0.4) is 0 Å². The van der Waals surface area contributed by atoms with Crippen LogP contribution in [0, 0.1) is 23.7 Å². The number of hydrogen-bond acceptors (Lipinski definition) is 2. The van der Waals surface area contributed by atoms with E-state index in [1.165, 1.54) is 32.1 Å². The topological polar surface area (TPSA) is 25.2 Å². The third-order valence-corrected chi connectivity index (χ3v) is 5.92. The van der Waals surface area contributed by atoms with Crippen LogP contribution >= 0.6 is 0 Å². The maximum absolute atomic E-state index is 5.62. The Kier molecular flexibility index (Phi) is 2.95. The van der Waals surface area contributed by atoms with Gasteiger partial charge in [0.2, 0.25) is 0 Å². The average molecular weight is 259 g/mol. The van der Waals surface area contributed by atoms with E-state index in [9.17, 15) is 0 Å². The van der Waals surface area contributed by atoms with Gasteiger partial charge in [-0.05, 0) is 74.3 Å². The van der Waals surface area contributed by atoms with E-state index < -0.39 is 0 Å². The van der Waals surface area contributed by atoms with Crippen LogP contribution < -0.4 is 5.32 Å². The summed E-state index contributed by atoms with van der Waals surface area (Å²) in [6.07, 6.45) is 10.4. The van der Waals surface area contributed by atoms with Crippen molar-refractivity contribution >= 4 is 0 Å². The van der Waals surface area contributed by atoms with E-state index in [0.717, 1.165) is 41.9 Å². The van der Waals surface area contributed by atoms with Gasteiger partial charge in [-0.15, -0.1) is 0 Å². The molecular formula is C17H25NO. The Morgan fingerprint density at radius 3 is 2.37 bits per heavy atom. The van der Waals surface area contributed by atoms with E-state index in [0.29, 0.717) is 6.04 Å². The second-order valence-electron chi connectivity index (χ2n) is 7.10. The summed E-state index contributed by atoms with van der Waals surface area (Å²) in [7, 11) is 0. The van der Waals surface area contributed by atoms with E-state index in [1.807, 2.05) is 6.07 Å². The van der Waals surface area contributed by atoms with Crippen molar-refractivity contribution in [1.29, 1.82) is 0 Å². The van der Waals surface area contributed by atoms with Gasteiger partial charge in [-0.3, -0.25) is 0 Å². The van der Waals surface area contributed by atoms with Crippen molar-refractivity contribution in [3.05, 3.63) is 24.2 Å². The van der Waals surface area contributed by atoms with Gasteiger partial charge in [0, 0.05) is 6.04 Å². The fourth-order valence-corrected chi connectivity index (χ4v) is 5.32. The van der Waals surface area contributed by atoms with Crippen molar-refractivity contribution in [3.8, 4) is 0 Å². The smallest absolute Gasteiger partial charge is 0.120 e. The molecule has 1 unspecified atom stereocenters. The van der Waals surface area contributed by atoms with Gasteiger partial charge in [0.05, 0.1) is 12.3 Å². The highest BCUT2D eigenvalue weighted by Gasteiger charge is 2.48. The van der Waals surface area contributed by atoms with Gasteiger partial charge in [0.15, 0.2) is 0 Å². The number of furan rings is 1. The summed E-state index contributed by atoms with van der Waals surface area (Å²) in [4.78, 5) is 0. The lowest BCUT2D eigenvalue weighted by molar-refractivity contribution is -0.0188. The van der Waals surface area contributed by atoms with Crippen molar-refractivity contribution in [1.82, 2.24) is 5.32 Å². The fraction of sp³-hybridized carbons (Fsp3) is 0.765. The van der Waals surface area contributed by atoms with Crippen molar-refractivity contribution < 1.29 is 4.42 Å². The summed E-state index contributed by atoms with van der Waals surface area (Å²) in [6, 6.07) is 5.30. The summed E-state index contributed by atoms with van der Waals surface area (Å²) in [5.74, 6) is 5.13. The minimum atomic E-state index is 0.414. The lowest BCUT2D eigenvalue weighted by atomic mass is 9.54. The molecule has 2 nitrogen and oxygen atoms in total. The Bertz CT molecular complexity index is 396. The van der Waals surface area contributed by atoms with E-state index in [4.69, 9.17) is 4.42 Å². The maximum Gasteiger partial charge on any atom is 0.120 e. The molecule has 1 heterocycles. The first-order chi connectivity index (χ1) is 9.33. The van der Waals surface area contributed by atoms with Crippen molar-refractivity contribution in [2.45, 2.75) is 57.5 Å². The molecule has 19 heavy (non-hydrogen) atoms. The second kappa shape index (κ2) is 4.66. The summed E-state index contributed by atoms with van der Waals surface area (Å²) < 4.78 is 5.62. The van der Waals surface area contributed by atoms with Crippen LogP contribution in [0.1, 0.15) is 57.3 Å². The van der Waals surface area contributed by atoms with Crippen LogP contribution in [0.15, 0.2) is 22.8 Å². The molecular weight excluding hydrogens is 234 g/mol. The maximum atomic E-state index is 5.62. The van der Waals surface area contributed by atoms with E-state index >= 15 is 0 Å². The zero-order valence-electron chi connectivity index (χ0n) is 11.8. The number of nitrogens with one attached hydrogen (secondary N) is 1. The van der Waals surface area contributed by atoms with Crippen LogP contribution in [0.25, 0.3) is 0 Å². The lowest BCUT2D eigenvalue weighted by Gasteiger charge is -2.55. The van der Waals surface area contributed by atoms with Gasteiger partial charge in [-0.2, -0.15) is 0 Å². The predicted molar refractivity (Wildman–Crippen MR) is 75.7 cm³/mol. The molecule has 0 radical (unpaired) electrons. The second-order valence-corrected chi connectivity index (χ2v) is 7.10. The molecule has 4 fully saturated rings. The third kappa shape index (κ3) is 2.05. The first kappa shape index (κ1) is 12.0. The van der Waals surface area contributed by atoms with Crippen LogP contribution in [0.4, 0.5) is 0 Å². The summed E-state index contributed by atoms with van der Waals surface area (Å²) in [5.41, 5.74) is 0. The molecule has 1 atom stereocenters. The molecule has 0 aromatic carbocycles. The number of hydrogen-bond donors (Lipinski definition) is 1. The highest BCUT2D eigenvalue weighted by Crippen LogP contribution is 2.54. The summed E-state index contributed by atoms with van der Waals surface area (Å²) in [6.45, 7) is 2.26. The SMILES string of the molecule is CCC(NC1C2CC3CC(C2)CC1C3)c1ccco1. The van der Waals surface area contributed by atoms with Crippen LogP contribution in [-0.4, -0.2) is 6.04 Å². The number of rotatable bonds is 4. The molecule has 0 saturated heterocycles. The lowest BCUT2D eigenvalue weighted by Crippen LogP contribution is -2.55. The van der Waals surface area contributed by atoms with E-state index in [1.54, 1.807) is 6.26 Å². The minimum absolute atomic E-state index is 0.414. The Hall–Kier alpha value is -0.760. The molecule has 2 heteroatoms. The highest BCUT2D eigenvalue weighted by molar-refractivity contribution is 5.07. The monoisotopic (exact) mass is 259 g/mol. The first-order valence-corrected chi connectivity index (χ1v) is 8.13.